The van der Waals surface area contributed by atoms with Gasteiger partial charge in [0.2, 0.25) is 0 Å². The van der Waals surface area contributed by atoms with E-state index in [9.17, 15) is 4.39 Å². The van der Waals surface area contributed by atoms with Gasteiger partial charge >= 0.3 is 0 Å². The van der Waals surface area contributed by atoms with Crippen molar-refractivity contribution in [2.45, 2.75) is 37.3 Å². The number of anilines is 1. The maximum Gasteiger partial charge on any atom is 0.143 e. The van der Waals surface area contributed by atoms with E-state index in [1.807, 2.05) is 12.1 Å². The van der Waals surface area contributed by atoms with Gasteiger partial charge in [0.1, 0.15) is 23.2 Å². The Morgan fingerprint density at radius 1 is 1.00 bits per heavy atom. The minimum atomic E-state index is -0.424. The minimum absolute atomic E-state index is 0.104. The summed E-state index contributed by atoms with van der Waals surface area (Å²) in [5.41, 5.74) is 2.08. The van der Waals surface area contributed by atoms with E-state index in [4.69, 9.17) is 10.00 Å². The van der Waals surface area contributed by atoms with Crippen LogP contribution < -0.4 is 9.64 Å². The molecular formula is C27H28FN3O. The Bertz CT molecular complexity index is 1080. The van der Waals surface area contributed by atoms with Gasteiger partial charge in [-0.1, -0.05) is 24.3 Å². The molecule has 2 aromatic carbocycles. The van der Waals surface area contributed by atoms with Gasteiger partial charge in [0.05, 0.1) is 5.56 Å². The van der Waals surface area contributed by atoms with Crippen LogP contribution in [0.1, 0.15) is 36.8 Å². The Hall–Kier alpha value is -2.84. The van der Waals surface area contributed by atoms with Crippen molar-refractivity contribution >= 4 is 11.8 Å². The van der Waals surface area contributed by atoms with Gasteiger partial charge in [-0.3, -0.25) is 4.90 Å². The normalized spacial score (nSPS) is 31.2. The summed E-state index contributed by atoms with van der Waals surface area (Å²) in [4.78, 5) is 4.89. The van der Waals surface area contributed by atoms with Gasteiger partial charge < -0.3 is 9.64 Å². The highest BCUT2D eigenvalue weighted by Crippen LogP contribution is 2.53. The molecular weight excluding hydrogens is 401 g/mol. The highest BCUT2D eigenvalue weighted by molar-refractivity contribution is 5.61. The lowest BCUT2D eigenvalue weighted by Gasteiger charge is -2.40. The van der Waals surface area contributed by atoms with Gasteiger partial charge in [0.25, 0.3) is 0 Å². The molecule has 2 saturated carbocycles. The van der Waals surface area contributed by atoms with E-state index in [1.54, 1.807) is 6.07 Å². The van der Waals surface area contributed by atoms with Gasteiger partial charge in [-0.15, -0.1) is 0 Å². The Morgan fingerprint density at radius 2 is 1.75 bits per heavy atom. The molecule has 0 aromatic heterocycles. The van der Waals surface area contributed by atoms with Crippen molar-refractivity contribution in [3.05, 3.63) is 65.5 Å². The zero-order valence-corrected chi connectivity index (χ0v) is 18.2. The maximum atomic E-state index is 14.0. The van der Waals surface area contributed by atoms with E-state index in [1.165, 1.54) is 24.5 Å². The fourth-order valence-electron chi connectivity index (χ4n) is 6.51. The van der Waals surface area contributed by atoms with Crippen LogP contribution in [-0.2, 0) is 0 Å². The summed E-state index contributed by atoms with van der Waals surface area (Å²) >= 11 is 0. The molecule has 4 aliphatic rings. The van der Waals surface area contributed by atoms with Crippen molar-refractivity contribution < 1.29 is 9.13 Å². The molecule has 2 aliphatic carbocycles. The quantitative estimate of drug-likeness (QED) is 0.684. The number of hydrogen-bond acceptors (Lipinski definition) is 4. The number of nitrogens with zero attached hydrogens (tertiary/aromatic N) is 3. The number of fused-ring (bicyclic) bond motifs is 2. The molecule has 1 spiro atoms. The first kappa shape index (κ1) is 19.8. The standard InChI is InChI=1S/C27H28FN3O/c28-25-15-23(6-5-20(25)18-29)30-9-11-31(12-10-30)24-13-21-16-27(17-22(21)14-24)8-7-19-3-1-2-4-26(19)32-27/h1-8,15,21-22,24H,9-14,16-17H2. The van der Waals surface area contributed by atoms with Gasteiger partial charge in [-0.25, -0.2) is 4.39 Å². The zero-order chi connectivity index (χ0) is 21.7. The lowest BCUT2D eigenvalue weighted by atomic mass is 9.92. The van der Waals surface area contributed by atoms with Crippen LogP contribution in [0.15, 0.2) is 48.5 Å². The Balaban J connectivity index is 1.06. The Morgan fingerprint density at radius 3 is 2.47 bits per heavy atom. The largest absolute Gasteiger partial charge is 0.483 e. The Labute approximate surface area is 188 Å². The summed E-state index contributed by atoms with van der Waals surface area (Å²) in [5.74, 6) is 2.08. The average Bonchev–Trinajstić information content (AvgIpc) is 3.35. The summed E-state index contributed by atoms with van der Waals surface area (Å²) in [6.07, 6.45) is 9.35. The van der Waals surface area contributed by atoms with Crippen LogP contribution in [0.4, 0.5) is 10.1 Å². The van der Waals surface area contributed by atoms with E-state index in [0.717, 1.165) is 62.3 Å². The summed E-state index contributed by atoms with van der Waals surface area (Å²) in [6, 6.07) is 15.9. The Kier molecular flexibility index (Phi) is 4.73. The number of para-hydroxylation sites is 1. The fraction of sp³-hybridized carbons (Fsp3) is 0.444. The second kappa shape index (κ2) is 7.64. The van der Waals surface area contributed by atoms with E-state index in [2.05, 4.69) is 46.2 Å². The number of rotatable bonds is 2. The number of benzene rings is 2. The molecule has 2 heterocycles. The van der Waals surface area contributed by atoms with E-state index in [-0.39, 0.29) is 11.2 Å². The predicted molar refractivity (Wildman–Crippen MR) is 123 cm³/mol. The maximum absolute atomic E-state index is 14.0. The zero-order valence-electron chi connectivity index (χ0n) is 18.2. The van der Waals surface area contributed by atoms with Crippen LogP contribution in [0.3, 0.4) is 0 Å². The van der Waals surface area contributed by atoms with Crippen molar-refractivity contribution in [2.24, 2.45) is 11.8 Å². The first-order valence-corrected chi connectivity index (χ1v) is 11.8. The second-order valence-electron chi connectivity index (χ2n) is 9.89. The topological polar surface area (TPSA) is 39.5 Å². The second-order valence-corrected chi connectivity index (χ2v) is 9.89. The molecule has 0 bridgehead atoms. The van der Waals surface area contributed by atoms with Crippen LogP contribution in [-0.4, -0.2) is 42.7 Å². The highest BCUT2D eigenvalue weighted by atomic mass is 19.1. The molecule has 0 N–H and O–H groups in total. The first-order chi connectivity index (χ1) is 15.6. The smallest absolute Gasteiger partial charge is 0.143 e. The van der Waals surface area contributed by atoms with E-state index >= 15 is 0 Å². The monoisotopic (exact) mass is 429 g/mol. The number of nitriles is 1. The average molecular weight is 430 g/mol. The molecule has 6 rings (SSSR count). The van der Waals surface area contributed by atoms with Crippen LogP contribution in [0.25, 0.3) is 6.08 Å². The molecule has 2 atom stereocenters. The molecule has 4 nitrogen and oxygen atoms in total. The van der Waals surface area contributed by atoms with Crippen LogP contribution >= 0.6 is 0 Å². The van der Waals surface area contributed by atoms with E-state index in [0.29, 0.717) is 6.04 Å². The van der Waals surface area contributed by atoms with Crippen LogP contribution in [0.2, 0.25) is 0 Å². The van der Waals surface area contributed by atoms with Crippen molar-refractivity contribution in [3.8, 4) is 11.8 Å². The van der Waals surface area contributed by atoms with Crippen molar-refractivity contribution in [1.82, 2.24) is 4.90 Å². The number of ether oxygens (including phenoxy) is 1. The molecule has 164 valence electrons. The molecule has 2 unspecified atom stereocenters. The third-order valence-electron chi connectivity index (χ3n) is 8.10. The summed E-state index contributed by atoms with van der Waals surface area (Å²) in [7, 11) is 0. The van der Waals surface area contributed by atoms with Crippen LogP contribution in [0, 0.1) is 29.0 Å². The predicted octanol–water partition coefficient (Wildman–Crippen LogP) is 4.85. The molecule has 2 aliphatic heterocycles. The van der Waals surface area contributed by atoms with Crippen LogP contribution in [0.5, 0.6) is 5.75 Å². The molecule has 3 fully saturated rings. The lowest BCUT2D eigenvalue weighted by Crippen LogP contribution is -2.50. The molecule has 0 radical (unpaired) electrons. The van der Waals surface area contributed by atoms with Crippen molar-refractivity contribution in [2.75, 3.05) is 31.1 Å². The molecule has 32 heavy (non-hydrogen) atoms. The highest BCUT2D eigenvalue weighted by Gasteiger charge is 2.51. The molecule has 5 heteroatoms. The van der Waals surface area contributed by atoms with E-state index < -0.39 is 5.82 Å². The third-order valence-corrected chi connectivity index (χ3v) is 8.10. The van der Waals surface area contributed by atoms with Gasteiger partial charge in [-0.2, -0.15) is 5.26 Å². The van der Waals surface area contributed by atoms with Crippen molar-refractivity contribution in [1.29, 1.82) is 5.26 Å². The summed E-state index contributed by atoms with van der Waals surface area (Å²) < 4.78 is 20.5. The van der Waals surface area contributed by atoms with Crippen molar-refractivity contribution in [3.63, 3.8) is 0 Å². The first-order valence-electron chi connectivity index (χ1n) is 11.8. The lowest BCUT2D eigenvalue weighted by molar-refractivity contribution is 0.104. The molecule has 1 saturated heterocycles. The van der Waals surface area contributed by atoms with Gasteiger partial charge in [-0.05, 0) is 67.9 Å². The summed E-state index contributed by atoms with van der Waals surface area (Å²) in [6.45, 7) is 3.84. The number of hydrogen-bond donors (Lipinski definition) is 0. The number of piperazine rings is 1. The third kappa shape index (κ3) is 3.38. The molecule has 2 aromatic rings. The van der Waals surface area contributed by atoms with Gasteiger partial charge in [0, 0.05) is 43.5 Å². The fourth-order valence-corrected chi connectivity index (χ4v) is 6.51. The summed E-state index contributed by atoms with van der Waals surface area (Å²) in [5, 5.41) is 8.95. The number of halogens is 1. The van der Waals surface area contributed by atoms with Gasteiger partial charge in [0.15, 0.2) is 0 Å². The molecule has 0 amide bonds. The minimum Gasteiger partial charge on any atom is -0.483 e. The SMILES string of the molecule is N#Cc1ccc(N2CCN(C3CC4CC5(C=Cc6ccccc6O5)CC4C3)CC2)cc1F.